The molecule has 2 aromatic rings. The molecule has 0 fully saturated rings. The van der Waals surface area contributed by atoms with Crippen molar-refractivity contribution in [1.29, 1.82) is 0 Å². The van der Waals surface area contributed by atoms with Gasteiger partial charge in [-0.2, -0.15) is 0 Å². The van der Waals surface area contributed by atoms with Crippen LogP contribution in [0.3, 0.4) is 0 Å². The predicted molar refractivity (Wildman–Crippen MR) is 90.3 cm³/mol. The molecular weight excluding hydrogens is 298 g/mol. The minimum Gasteiger partial charge on any atom is -0.381 e. The number of aromatic nitrogens is 1. The van der Waals surface area contributed by atoms with Gasteiger partial charge in [-0.1, -0.05) is 19.4 Å². The quantitative estimate of drug-likeness (QED) is 0.783. The Kier molecular flexibility index (Phi) is 5.77. The lowest BCUT2D eigenvalue weighted by molar-refractivity contribution is 0.598. The fourth-order valence-electron chi connectivity index (χ4n) is 1.93. The summed E-state index contributed by atoms with van der Waals surface area (Å²) in [6, 6.07) is 11.1. The van der Waals surface area contributed by atoms with Crippen molar-refractivity contribution in [2.24, 2.45) is 0 Å². The summed E-state index contributed by atoms with van der Waals surface area (Å²) >= 11 is 0. The molecular formula is C16H21N3O2S. The Hall–Kier alpha value is -2.08. The van der Waals surface area contributed by atoms with Crippen LogP contribution in [-0.2, 0) is 16.6 Å². The highest BCUT2D eigenvalue weighted by atomic mass is 32.2. The van der Waals surface area contributed by atoms with Gasteiger partial charge in [-0.05, 0) is 42.3 Å². The van der Waals surface area contributed by atoms with Crippen LogP contribution in [0.25, 0.3) is 0 Å². The van der Waals surface area contributed by atoms with Gasteiger partial charge in [0.15, 0.2) is 0 Å². The molecule has 0 saturated carbocycles. The topological polar surface area (TPSA) is 71.1 Å². The maximum Gasteiger partial charge on any atom is 0.232 e. The Morgan fingerprint density at radius 3 is 2.45 bits per heavy atom. The zero-order valence-corrected chi connectivity index (χ0v) is 13.4. The number of sulfonamides is 1. The Bertz CT molecular complexity index is 670. The van der Waals surface area contributed by atoms with Crippen LogP contribution in [-0.4, -0.2) is 19.2 Å². The first-order valence-corrected chi connectivity index (χ1v) is 8.97. The van der Waals surface area contributed by atoms with E-state index >= 15 is 0 Å². The number of anilines is 2. The summed E-state index contributed by atoms with van der Waals surface area (Å²) in [4.78, 5) is 4.06. The third-order valence-electron chi connectivity index (χ3n) is 3.14. The van der Waals surface area contributed by atoms with E-state index in [-0.39, 0.29) is 5.75 Å². The summed E-state index contributed by atoms with van der Waals surface area (Å²) in [5, 5.41) is 3.27. The third kappa shape index (κ3) is 5.37. The van der Waals surface area contributed by atoms with Gasteiger partial charge in [0, 0.05) is 30.3 Å². The van der Waals surface area contributed by atoms with E-state index in [1.54, 1.807) is 18.3 Å². The van der Waals surface area contributed by atoms with Gasteiger partial charge in [-0.25, -0.2) is 8.42 Å². The molecule has 1 heterocycles. The number of hydrogen-bond acceptors (Lipinski definition) is 4. The maximum atomic E-state index is 11.8. The molecule has 1 aromatic heterocycles. The Morgan fingerprint density at radius 2 is 1.82 bits per heavy atom. The van der Waals surface area contributed by atoms with E-state index in [1.807, 2.05) is 37.4 Å². The summed E-state index contributed by atoms with van der Waals surface area (Å²) in [7, 11) is -3.24. The average molecular weight is 319 g/mol. The van der Waals surface area contributed by atoms with Gasteiger partial charge in [0.25, 0.3) is 0 Å². The lowest BCUT2D eigenvalue weighted by atomic mass is 10.2. The lowest BCUT2D eigenvalue weighted by Gasteiger charge is -2.10. The molecule has 0 radical (unpaired) electrons. The molecule has 0 atom stereocenters. The number of pyridine rings is 1. The van der Waals surface area contributed by atoms with E-state index in [4.69, 9.17) is 0 Å². The third-order valence-corrected chi connectivity index (χ3v) is 4.52. The molecule has 0 amide bonds. The van der Waals surface area contributed by atoms with Gasteiger partial charge in [-0.15, -0.1) is 0 Å². The standard InChI is InChI=1S/C16H21N3O2S/c1-2-3-11-22(20,21)19-16-8-6-15(7-9-16)18-13-14-5-4-10-17-12-14/h4-10,12,18-19H,2-3,11,13H2,1H3. The SMILES string of the molecule is CCCCS(=O)(=O)Nc1ccc(NCc2cccnc2)cc1. The lowest BCUT2D eigenvalue weighted by Crippen LogP contribution is -2.16. The van der Waals surface area contributed by atoms with E-state index < -0.39 is 10.0 Å². The normalized spacial score (nSPS) is 11.1. The zero-order chi connectivity index (χ0) is 15.8. The molecule has 0 unspecified atom stereocenters. The van der Waals surface area contributed by atoms with Crippen LogP contribution in [0.5, 0.6) is 0 Å². The molecule has 1 aromatic carbocycles. The number of rotatable bonds is 8. The number of benzene rings is 1. The van der Waals surface area contributed by atoms with Gasteiger partial charge in [0.1, 0.15) is 0 Å². The largest absolute Gasteiger partial charge is 0.381 e. The molecule has 5 nitrogen and oxygen atoms in total. The van der Waals surface area contributed by atoms with E-state index in [9.17, 15) is 8.42 Å². The van der Waals surface area contributed by atoms with Crippen molar-refractivity contribution in [2.75, 3.05) is 15.8 Å². The van der Waals surface area contributed by atoms with E-state index in [2.05, 4.69) is 15.0 Å². The van der Waals surface area contributed by atoms with Crippen molar-refractivity contribution in [2.45, 2.75) is 26.3 Å². The highest BCUT2D eigenvalue weighted by Gasteiger charge is 2.09. The molecule has 0 aliphatic rings. The van der Waals surface area contributed by atoms with Crippen LogP contribution >= 0.6 is 0 Å². The molecule has 0 spiro atoms. The summed E-state index contributed by atoms with van der Waals surface area (Å²) in [6.07, 6.45) is 5.07. The summed E-state index contributed by atoms with van der Waals surface area (Å²) < 4.78 is 26.2. The van der Waals surface area contributed by atoms with Crippen molar-refractivity contribution in [1.82, 2.24) is 4.98 Å². The first-order chi connectivity index (χ1) is 10.6. The molecule has 2 N–H and O–H groups in total. The first-order valence-electron chi connectivity index (χ1n) is 7.32. The maximum absolute atomic E-state index is 11.8. The molecule has 118 valence electrons. The van der Waals surface area contributed by atoms with Crippen LogP contribution in [0.1, 0.15) is 25.3 Å². The molecule has 22 heavy (non-hydrogen) atoms. The Morgan fingerprint density at radius 1 is 1.09 bits per heavy atom. The minimum atomic E-state index is -3.24. The molecule has 2 rings (SSSR count). The number of unbranched alkanes of at least 4 members (excludes halogenated alkanes) is 1. The van der Waals surface area contributed by atoms with Crippen LogP contribution in [0.15, 0.2) is 48.8 Å². The van der Waals surface area contributed by atoms with Gasteiger partial charge in [0.05, 0.1) is 5.75 Å². The Labute approximate surface area is 131 Å². The smallest absolute Gasteiger partial charge is 0.232 e. The van der Waals surface area contributed by atoms with Crippen molar-refractivity contribution < 1.29 is 8.42 Å². The fourth-order valence-corrected chi connectivity index (χ4v) is 3.19. The molecule has 0 aliphatic carbocycles. The molecule has 0 saturated heterocycles. The molecule has 0 aliphatic heterocycles. The average Bonchev–Trinajstić information content (AvgIpc) is 2.53. The van der Waals surface area contributed by atoms with Crippen molar-refractivity contribution in [3.05, 3.63) is 54.4 Å². The summed E-state index contributed by atoms with van der Waals surface area (Å²) in [6.45, 7) is 2.65. The second-order valence-electron chi connectivity index (χ2n) is 5.07. The monoisotopic (exact) mass is 319 g/mol. The van der Waals surface area contributed by atoms with Crippen LogP contribution in [0.2, 0.25) is 0 Å². The molecule has 0 bridgehead atoms. The summed E-state index contributed by atoms with van der Waals surface area (Å²) in [5.74, 6) is 0.157. The Balaban J connectivity index is 1.90. The van der Waals surface area contributed by atoms with Gasteiger partial charge < -0.3 is 5.32 Å². The van der Waals surface area contributed by atoms with Crippen molar-refractivity contribution in [3.8, 4) is 0 Å². The highest BCUT2D eigenvalue weighted by Crippen LogP contribution is 2.16. The van der Waals surface area contributed by atoms with Crippen molar-refractivity contribution >= 4 is 21.4 Å². The summed E-state index contributed by atoms with van der Waals surface area (Å²) in [5.41, 5.74) is 2.61. The van der Waals surface area contributed by atoms with Crippen LogP contribution in [0.4, 0.5) is 11.4 Å². The van der Waals surface area contributed by atoms with Gasteiger partial charge >= 0.3 is 0 Å². The number of hydrogen-bond donors (Lipinski definition) is 2. The molecule has 6 heteroatoms. The van der Waals surface area contributed by atoms with Crippen LogP contribution in [0, 0.1) is 0 Å². The van der Waals surface area contributed by atoms with Gasteiger partial charge in [0.2, 0.25) is 10.0 Å². The van der Waals surface area contributed by atoms with Crippen molar-refractivity contribution in [3.63, 3.8) is 0 Å². The van der Waals surface area contributed by atoms with Gasteiger partial charge in [-0.3, -0.25) is 9.71 Å². The fraction of sp³-hybridized carbons (Fsp3) is 0.312. The number of nitrogens with zero attached hydrogens (tertiary/aromatic N) is 1. The van der Waals surface area contributed by atoms with Crippen LogP contribution < -0.4 is 10.0 Å². The highest BCUT2D eigenvalue weighted by molar-refractivity contribution is 7.92. The first kappa shape index (κ1) is 16.3. The number of nitrogens with one attached hydrogen (secondary N) is 2. The second-order valence-corrected chi connectivity index (χ2v) is 6.91. The van der Waals surface area contributed by atoms with E-state index in [0.717, 1.165) is 17.7 Å². The predicted octanol–water partition coefficient (Wildman–Crippen LogP) is 3.24. The zero-order valence-electron chi connectivity index (χ0n) is 12.6. The van der Waals surface area contributed by atoms with E-state index in [1.165, 1.54) is 0 Å². The van der Waals surface area contributed by atoms with E-state index in [0.29, 0.717) is 18.7 Å². The minimum absolute atomic E-state index is 0.157. The second kappa shape index (κ2) is 7.79.